The summed E-state index contributed by atoms with van der Waals surface area (Å²) in [6.07, 6.45) is 1.75. The zero-order chi connectivity index (χ0) is 14.7. The van der Waals surface area contributed by atoms with Gasteiger partial charge in [0.05, 0.1) is 5.41 Å². The van der Waals surface area contributed by atoms with E-state index in [1.165, 1.54) is 5.56 Å². The topological polar surface area (TPSA) is 60.2 Å². The molecule has 1 aliphatic rings. The Balaban J connectivity index is 1.98. The van der Waals surface area contributed by atoms with Crippen LogP contribution in [-0.2, 0) is 10.2 Å². The maximum Gasteiger partial charge on any atom is 0.321 e. The third-order valence-electron chi connectivity index (χ3n) is 3.94. The van der Waals surface area contributed by atoms with Gasteiger partial charge in [-0.15, -0.1) is 0 Å². The van der Waals surface area contributed by atoms with E-state index in [0.29, 0.717) is 6.01 Å². The van der Waals surface area contributed by atoms with Gasteiger partial charge >= 0.3 is 6.01 Å². The van der Waals surface area contributed by atoms with E-state index in [0.717, 1.165) is 31.9 Å². The van der Waals surface area contributed by atoms with Crippen LogP contribution in [0.4, 0.5) is 6.01 Å². The summed E-state index contributed by atoms with van der Waals surface area (Å²) in [5.74, 6) is 0.750. The molecule has 1 aromatic carbocycles. The molecular weight excluding hydrogens is 266 g/mol. The summed E-state index contributed by atoms with van der Waals surface area (Å²) in [7, 11) is 0. The lowest BCUT2D eigenvalue weighted by atomic mass is 9.73. The first kappa shape index (κ1) is 14.1. The van der Waals surface area contributed by atoms with E-state index in [-0.39, 0.29) is 11.5 Å². The van der Waals surface area contributed by atoms with Crippen LogP contribution in [0, 0.1) is 0 Å². The zero-order valence-electron chi connectivity index (χ0n) is 12.5. The summed E-state index contributed by atoms with van der Waals surface area (Å²) >= 11 is 0. The molecule has 0 amide bonds. The van der Waals surface area contributed by atoms with Gasteiger partial charge in [0.25, 0.3) is 0 Å². The number of hydrogen-bond donors (Lipinski definition) is 1. The quantitative estimate of drug-likeness (QED) is 0.936. The molecule has 0 saturated carbocycles. The number of ether oxygens (including phenoxy) is 1. The molecule has 0 atom stereocenters. The Hall–Kier alpha value is -1.88. The van der Waals surface area contributed by atoms with Crippen LogP contribution >= 0.6 is 0 Å². The molecule has 3 rings (SSSR count). The number of nitrogens with one attached hydrogen (secondary N) is 1. The van der Waals surface area contributed by atoms with E-state index in [1.54, 1.807) is 0 Å². The summed E-state index contributed by atoms with van der Waals surface area (Å²) < 4.78 is 10.9. The fourth-order valence-corrected chi connectivity index (χ4v) is 2.84. The number of rotatable bonds is 4. The first-order chi connectivity index (χ1) is 10.2. The van der Waals surface area contributed by atoms with Crippen molar-refractivity contribution >= 4 is 6.01 Å². The van der Waals surface area contributed by atoms with Crippen molar-refractivity contribution in [1.29, 1.82) is 0 Å². The van der Waals surface area contributed by atoms with Crippen LogP contribution < -0.4 is 5.32 Å². The lowest BCUT2D eigenvalue weighted by Crippen LogP contribution is -2.36. The number of hydrogen-bond acceptors (Lipinski definition) is 5. The summed E-state index contributed by atoms with van der Waals surface area (Å²) in [6.45, 7) is 5.53. The number of aromatic nitrogens is 2. The Labute approximate surface area is 124 Å². The number of nitrogens with zero attached hydrogens (tertiary/aromatic N) is 2. The van der Waals surface area contributed by atoms with Gasteiger partial charge < -0.3 is 14.6 Å². The molecule has 21 heavy (non-hydrogen) atoms. The Morgan fingerprint density at radius 3 is 2.52 bits per heavy atom. The third kappa shape index (κ3) is 2.78. The van der Waals surface area contributed by atoms with Crippen LogP contribution in [0.25, 0.3) is 0 Å². The zero-order valence-corrected chi connectivity index (χ0v) is 12.5. The van der Waals surface area contributed by atoms with Gasteiger partial charge in [-0.2, -0.15) is 4.98 Å². The van der Waals surface area contributed by atoms with Gasteiger partial charge in [0.15, 0.2) is 5.82 Å². The molecule has 5 nitrogen and oxygen atoms in total. The van der Waals surface area contributed by atoms with E-state index in [9.17, 15) is 0 Å². The molecule has 0 radical (unpaired) electrons. The smallest absolute Gasteiger partial charge is 0.321 e. The first-order valence-corrected chi connectivity index (χ1v) is 7.45. The highest BCUT2D eigenvalue weighted by atomic mass is 16.5. The van der Waals surface area contributed by atoms with Gasteiger partial charge in [0.1, 0.15) is 0 Å². The number of benzene rings is 1. The predicted molar refractivity (Wildman–Crippen MR) is 80.3 cm³/mol. The van der Waals surface area contributed by atoms with E-state index >= 15 is 0 Å². The van der Waals surface area contributed by atoms with Crippen LogP contribution in [0.2, 0.25) is 0 Å². The number of anilines is 1. The summed E-state index contributed by atoms with van der Waals surface area (Å²) in [5.41, 5.74) is 1.02. The molecule has 1 saturated heterocycles. The fraction of sp³-hybridized carbons (Fsp3) is 0.500. The lowest BCUT2D eigenvalue weighted by Gasteiger charge is -2.34. The van der Waals surface area contributed by atoms with Crippen molar-refractivity contribution in [1.82, 2.24) is 10.1 Å². The van der Waals surface area contributed by atoms with Gasteiger partial charge in [0, 0.05) is 19.3 Å². The Bertz CT molecular complexity index is 574. The SMILES string of the molecule is CC(C)Nc1nc(C2(c3ccccc3)CCOCC2)no1. The van der Waals surface area contributed by atoms with Crippen molar-refractivity contribution in [3.05, 3.63) is 41.7 Å². The van der Waals surface area contributed by atoms with Crippen molar-refractivity contribution in [2.45, 2.75) is 38.1 Å². The highest BCUT2D eigenvalue weighted by Gasteiger charge is 2.40. The van der Waals surface area contributed by atoms with Gasteiger partial charge in [-0.1, -0.05) is 35.5 Å². The summed E-state index contributed by atoms with van der Waals surface area (Å²) in [4.78, 5) is 4.58. The second kappa shape index (κ2) is 5.85. The van der Waals surface area contributed by atoms with Crippen molar-refractivity contribution < 1.29 is 9.26 Å². The minimum Gasteiger partial charge on any atom is -0.381 e. The van der Waals surface area contributed by atoms with E-state index in [1.807, 2.05) is 19.9 Å². The van der Waals surface area contributed by atoms with Crippen molar-refractivity contribution in [3.8, 4) is 0 Å². The standard InChI is InChI=1S/C16H21N3O2/c1-12(2)17-15-18-14(19-21-15)16(8-10-20-11-9-16)13-6-4-3-5-7-13/h3-7,12H,8-11H2,1-2H3,(H,17,18,19). The molecule has 5 heteroatoms. The second-order valence-corrected chi connectivity index (χ2v) is 5.78. The normalized spacial score (nSPS) is 17.9. The van der Waals surface area contributed by atoms with Gasteiger partial charge in [0.2, 0.25) is 0 Å². The summed E-state index contributed by atoms with van der Waals surface area (Å²) in [6, 6.07) is 11.2. The molecule has 1 N–H and O–H groups in total. The average Bonchev–Trinajstić information content (AvgIpc) is 2.97. The molecule has 1 fully saturated rings. The third-order valence-corrected chi connectivity index (χ3v) is 3.94. The van der Waals surface area contributed by atoms with Crippen LogP contribution in [0.3, 0.4) is 0 Å². The molecule has 0 spiro atoms. The van der Waals surface area contributed by atoms with Crippen LogP contribution in [0.15, 0.2) is 34.9 Å². The predicted octanol–water partition coefficient (Wildman–Crippen LogP) is 2.99. The Kier molecular flexibility index (Phi) is 3.92. The molecule has 0 unspecified atom stereocenters. The maximum absolute atomic E-state index is 5.54. The molecular formula is C16H21N3O2. The van der Waals surface area contributed by atoms with Crippen molar-refractivity contribution in [2.24, 2.45) is 0 Å². The van der Waals surface area contributed by atoms with Crippen LogP contribution in [0.1, 0.15) is 38.1 Å². The van der Waals surface area contributed by atoms with Crippen LogP contribution in [-0.4, -0.2) is 29.4 Å². The van der Waals surface area contributed by atoms with Crippen molar-refractivity contribution in [3.63, 3.8) is 0 Å². The molecule has 2 heterocycles. The molecule has 0 bridgehead atoms. The molecule has 112 valence electrons. The monoisotopic (exact) mass is 287 g/mol. The van der Waals surface area contributed by atoms with E-state index < -0.39 is 0 Å². The molecule has 0 aliphatic carbocycles. The maximum atomic E-state index is 5.54. The minimum absolute atomic E-state index is 0.208. The lowest BCUT2D eigenvalue weighted by molar-refractivity contribution is 0.0597. The highest BCUT2D eigenvalue weighted by Crippen LogP contribution is 2.39. The molecule has 2 aromatic rings. The molecule has 1 aromatic heterocycles. The van der Waals surface area contributed by atoms with Gasteiger partial charge in [-0.05, 0) is 32.3 Å². The second-order valence-electron chi connectivity index (χ2n) is 5.78. The summed E-state index contributed by atoms with van der Waals surface area (Å²) in [5, 5.41) is 7.40. The van der Waals surface area contributed by atoms with Crippen molar-refractivity contribution in [2.75, 3.05) is 18.5 Å². The van der Waals surface area contributed by atoms with Crippen LogP contribution in [0.5, 0.6) is 0 Å². The largest absolute Gasteiger partial charge is 0.381 e. The Morgan fingerprint density at radius 2 is 1.86 bits per heavy atom. The Morgan fingerprint density at radius 1 is 1.14 bits per heavy atom. The first-order valence-electron chi connectivity index (χ1n) is 7.45. The fourth-order valence-electron chi connectivity index (χ4n) is 2.84. The highest BCUT2D eigenvalue weighted by molar-refractivity contribution is 5.35. The van der Waals surface area contributed by atoms with E-state index in [4.69, 9.17) is 9.26 Å². The van der Waals surface area contributed by atoms with E-state index in [2.05, 4.69) is 39.7 Å². The minimum atomic E-state index is -0.208. The average molecular weight is 287 g/mol. The van der Waals surface area contributed by atoms with Gasteiger partial charge in [-0.25, -0.2) is 0 Å². The van der Waals surface area contributed by atoms with Gasteiger partial charge in [-0.3, -0.25) is 0 Å². The molecule has 1 aliphatic heterocycles.